The van der Waals surface area contributed by atoms with Gasteiger partial charge in [0.05, 0.1) is 9.13 Å². The number of fused-ring (bicyclic) bond motifs is 1. The highest BCUT2D eigenvalue weighted by atomic mass is 127. The van der Waals surface area contributed by atoms with Crippen LogP contribution in [0, 0.1) is 3.57 Å². The van der Waals surface area contributed by atoms with Crippen molar-refractivity contribution >= 4 is 39.5 Å². The van der Waals surface area contributed by atoms with Crippen LogP contribution in [-0.2, 0) is 0 Å². The van der Waals surface area contributed by atoms with Gasteiger partial charge in [-0.05, 0) is 40.8 Å². The van der Waals surface area contributed by atoms with E-state index < -0.39 is 5.97 Å². The average molecular weight is 315 g/mol. The number of hydrogen-bond donors (Lipinski definition) is 2. The van der Waals surface area contributed by atoms with Crippen molar-refractivity contribution in [1.82, 2.24) is 4.98 Å². The molecule has 0 fully saturated rings. The van der Waals surface area contributed by atoms with Crippen molar-refractivity contribution in [2.24, 2.45) is 0 Å². The Morgan fingerprint density at radius 1 is 1.40 bits per heavy atom. The molecule has 0 radical (unpaired) electrons. The maximum absolute atomic E-state index is 11.7. The van der Waals surface area contributed by atoms with Crippen molar-refractivity contribution in [2.75, 3.05) is 0 Å². The van der Waals surface area contributed by atoms with Crippen LogP contribution in [-0.4, -0.2) is 16.1 Å². The van der Waals surface area contributed by atoms with Gasteiger partial charge in [0.2, 0.25) is 5.43 Å². The molecule has 0 saturated carbocycles. The van der Waals surface area contributed by atoms with Gasteiger partial charge < -0.3 is 10.1 Å². The summed E-state index contributed by atoms with van der Waals surface area (Å²) in [7, 11) is 0. The molecule has 2 N–H and O–H groups in total. The second-order valence-corrected chi connectivity index (χ2v) is 4.19. The van der Waals surface area contributed by atoms with Crippen molar-refractivity contribution in [1.29, 1.82) is 0 Å². The lowest BCUT2D eigenvalue weighted by atomic mass is 10.1. The van der Waals surface area contributed by atoms with Gasteiger partial charge in [0, 0.05) is 17.1 Å². The molecule has 2 rings (SSSR count). The lowest BCUT2D eigenvalue weighted by Crippen LogP contribution is -2.07. The maximum Gasteiger partial charge on any atom is 0.335 e. The van der Waals surface area contributed by atoms with Gasteiger partial charge in [0.1, 0.15) is 0 Å². The highest BCUT2D eigenvalue weighted by Gasteiger charge is 2.07. The highest BCUT2D eigenvalue weighted by Crippen LogP contribution is 2.11. The van der Waals surface area contributed by atoms with E-state index in [1.165, 1.54) is 12.1 Å². The largest absolute Gasteiger partial charge is 0.478 e. The van der Waals surface area contributed by atoms with Gasteiger partial charge in [-0.1, -0.05) is 0 Å². The smallest absolute Gasteiger partial charge is 0.335 e. The molecule has 0 aliphatic heterocycles. The molecule has 1 aromatic carbocycles. The summed E-state index contributed by atoms with van der Waals surface area (Å²) in [5.41, 5.74) is 0.618. The summed E-state index contributed by atoms with van der Waals surface area (Å²) in [6, 6.07) is 4.45. The molecule has 0 unspecified atom stereocenters. The molecule has 76 valence electrons. The normalized spacial score (nSPS) is 10.5. The fourth-order valence-electron chi connectivity index (χ4n) is 1.33. The molecule has 0 atom stereocenters. The van der Waals surface area contributed by atoms with Crippen molar-refractivity contribution in [3.63, 3.8) is 0 Å². The van der Waals surface area contributed by atoms with Crippen LogP contribution in [0.3, 0.4) is 0 Å². The molecule has 15 heavy (non-hydrogen) atoms. The zero-order valence-corrected chi connectivity index (χ0v) is 9.61. The van der Waals surface area contributed by atoms with Crippen LogP contribution in [0.25, 0.3) is 10.9 Å². The van der Waals surface area contributed by atoms with Crippen LogP contribution >= 0.6 is 22.6 Å². The number of halogens is 1. The van der Waals surface area contributed by atoms with Crippen LogP contribution in [0.2, 0.25) is 0 Å². The average Bonchev–Trinajstić information content (AvgIpc) is 2.23. The zero-order chi connectivity index (χ0) is 11.0. The van der Waals surface area contributed by atoms with Crippen molar-refractivity contribution in [2.45, 2.75) is 0 Å². The Balaban J connectivity index is 2.85. The van der Waals surface area contributed by atoms with Gasteiger partial charge in [-0.2, -0.15) is 0 Å². The first-order valence-electron chi connectivity index (χ1n) is 4.14. The number of carbonyl (C=O) groups is 1. The number of carboxylic acid groups (broad SMARTS) is 1. The lowest BCUT2D eigenvalue weighted by Gasteiger charge is -1.99. The first-order valence-corrected chi connectivity index (χ1v) is 5.21. The Labute approximate surface area is 98.1 Å². The minimum atomic E-state index is -1.03. The molecule has 1 heterocycles. The van der Waals surface area contributed by atoms with Crippen molar-refractivity contribution in [3.8, 4) is 0 Å². The summed E-state index contributed by atoms with van der Waals surface area (Å²) < 4.78 is 0.544. The number of benzene rings is 1. The third-order valence-corrected chi connectivity index (χ3v) is 2.88. The minimum Gasteiger partial charge on any atom is -0.478 e. The maximum atomic E-state index is 11.7. The van der Waals surface area contributed by atoms with Crippen molar-refractivity contribution in [3.05, 3.63) is 43.8 Å². The molecule has 0 aliphatic carbocycles. The first-order chi connectivity index (χ1) is 7.09. The number of aromatic nitrogens is 1. The molecule has 1 aromatic heterocycles. The second-order valence-electron chi connectivity index (χ2n) is 3.03. The SMILES string of the molecule is O=C(O)c1ccc2[nH]cc(I)c(=O)c2c1. The fraction of sp³-hybridized carbons (Fsp3) is 0. The number of H-pyrrole nitrogens is 1. The molecule has 5 heteroatoms. The molecule has 0 spiro atoms. The monoisotopic (exact) mass is 315 g/mol. The number of aromatic carboxylic acids is 1. The Morgan fingerprint density at radius 2 is 2.13 bits per heavy atom. The Hall–Kier alpha value is -1.37. The predicted molar refractivity (Wildman–Crippen MR) is 64.2 cm³/mol. The van der Waals surface area contributed by atoms with Crippen LogP contribution in [0.5, 0.6) is 0 Å². The Morgan fingerprint density at radius 3 is 2.80 bits per heavy atom. The molecule has 0 amide bonds. The second kappa shape index (κ2) is 3.65. The van der Waals surface area contributed by atoms with Crippen LogP contribution in [0.1, 0.15) is 10.4 Å². The summed E-state index contributed by atoms with van der Waals surface area (Å²) >= 11 is 1.91. The summed E-state index contributed by atoms with van der Waals surface area (Å²) in [5, 5.41) is 9.19. The summed E-state index contributed by atoms with van der Waals surface area (Å²) in [6.45, 7) is 0. The van der Waals surface area contributed by atoms with E-state index in [1.54, 1.807) is 12.3 Å². The summed E-state index contributed by atoms with van der Waals surface area (Å²) in [5.74, 6) is -1.03. The van der Waals surface area contributed by atoms with E-state index >= 15 is 0 Å². The zero-order valence-electron chi connectivity index (χ0n) is 7.45. The quantitative estimate of drug-likeness (QED) is 0.789. The number of rotatable bonds is 1. The van der Waals surface area contributed by atoms with Gasteiger partial charge in [0.15, 0.2) is 0 Å². The van der Waals surface area contributed by atoms with E-state index in [1.807, 2.05) is 22.6 Å². The summed E-state index contributed by atoms with van der Waals surface area (Å²) in [6.07, 6.45) is 1.60. The fourth-order valence-corrected chi connectivity index (χ4v) is 1.77. The van der Waals surface area contributed by atoms with Gasteiger partial charge in [0.25, 0.3) is 0 Å². The lowest BCUT2D eigenvalue weighted by molar-refractivity contribution is 0.0697. The van der Waals surface area contributed by atoms with Crippen molar-refractivity contribution < 1.29 is 9.90 Å². The number of hydrogen-bond acceptors (Lipinski definition) is 2. The van der Waals surface area contributed by atoms with Gasteiger partial charge in [-0.3, -0.25) is 4.79 Å². The van der Waals surface area contributed by atoms with E-state index in [4.69, 9.17) is 5.11 Å². The molecule has 0 bridgehead atoms. The molecule has 0 aliphatic rings. The Bertz CT molecular complexity index is 603. The number of aromatic amines is 1. The van der Waals surface area contributed by atoms with E-state index in [-0.39, 0.29) is 11.0 Å². The topological polar surface area (TPSA) is 70.2 Å². The van der Waals surface area contributed by atoms with E-state index in [0.717, 1.165) is 0 Å². The third kappa shape index (κ3) is 1.74. The molecule has 0 saturated heterocycles. The van der Waals surface area contributed by atoms with Crippen LogP contribution in [0.4, 0.5) is 0 Å². The van der Waals surface area contributed by atoms with E-state index in [0.29, 0.717) is 14.5 Å². The van der Waals surface area contributed by atoms with Crippen LogP contribution < -0.4 is 5.43 Å². The molecular formula is C10H6INO3. The number of carboxylic acids is 1. The predicted octanol–water partition coefficient (Wildman–Crippen LogP) is 1.83. The highest BCUT2D eigenvalue weighted by molar-refractivity contribution is 14.1. The van der Waals surface area contributed by atoms with E-state index in [9.17, 15) is 9.59 Å². The first kappa shape index (κ1) is 10.2. The minimum absolute atomic E-state index is 0.120. The molecule has 2 aromatic rings. The Kier molecular flexibility index (Phi) is 2.47. The molecule has 4 nitrogen and oxygen atoms in total. The van der Waals surface area contributed by atoms with Gasteiger partial charge in [-0.25, -0.2) is 4.79 Å². The number of pyridine rings is 1. The number of nitrogens with one attached hydrogen (secondary N) is 1. The van der Waals surface area contributed by atoms with Crippen LogP contribution in [0.15, 0.2) is 29.2 Å². The third-order valence-electron chi connectivity index (χ3n) is 2.08. The molecular weight excluding hydrogens is 309 g/mol. The van der Waals surface area contributed by atoms with Gasteiger partial charge in [-0.15, -0.1) is 0 Å². The van der Waals surface area contributed by atoms with Gasteiger partial charge >= 0.3 is 5.97 Å². The van der Waals surface area contributed by atoms with E-state index in [2.05, 4.69) is 4.98 Å². The summed E-state index contributed by atoms with van der Waals surface area (Å²) in [4.78, 5) is 25.3. The standard InChI is InChI=1S/C10H6INO3/c11-7-4-12-8-2-1-5(10(14)15)3-6(8)9(7)13/h1-4H,(H,12,13)(H,14,15).